The van der Waals surface area contributed by atoms with Crippen molar-refractivity contribution < 1.29 is 14.2 Å². The lowest BCUT2D eigenvalue weighted by Gasteiger charge is -2.16. The molecule has 0 saturated carbocycles. The summed E-state index contributed by atoms with van der Waals surface area (Å²) >= 11 is 5.69. The fourth-order valence-electron chi connectivity index (χ4n) is 2.59. The number of halogens is 1. The highest BCUT2D eigenvalue weighted by molar-refractivity contribution is 6.17. The number of fused-ring (bicyclic) bond motifs is 1. The first-order valence-electron chi connectivity index (χ1n) is 8.23. The predicted molar refractivity (Wildman–Crippen MR) is 96.4 cm³/mol. The van der Waals surface area contributed by atoms with Gasteiger partial charge in [-0.05, 0) is 19.8 Å². The first-order chi connectivity index (χ1) is 11.3. The van der Waals surface area contributed by atoms with Gasteiger partial charge in [-0.3, -0.25) is 0 Å². The average Bonchev–Trinajstić information content (AvgIpc) is 2.59. The van der Waals surface area contributed by atoms with Crippen LogP contribution in [0.15, 0.2) is 30.3 Å². The van der Waals surface area contributed by atoms with Crippen LogP contribution in [0.1, 0.15) is 32.6 Å². The number of hydrogen-bond acceptors (Lipinski definition) is 3. The Bertz CT molecular complexity index is 613. The van der Waals surface area contributed by atoms with Gasteiger partial charge in [0, 0.05) is 22.7 Å². The minimum absolute atomic E-state index is 0.598. The third kappa shape index (κ3) is 4.68. The van der Waals surface area contributed by atoms with Crippen LogP contribution in [-0.4, -0.2) is 26.2 Å². The molecule has 0 amide bonds. The topological polar surface area (TPSA) is 27.7 Å². The Kier molecular flexibility index (Phi) is 7.34. The van der Waals surface area contributed by atoms with E-state index in [0.717, 1.165) is 53.8 Å². The van der Waals surface area contributed by atoms with Crippen molar-refractivity contribution in [1.29, 1.82) is 0 Å². The van der Waals surface area contributed by atoms with Gasteiger partial charge in [0.05, 0.1) is 20.3 Å². The number of unbranched alkanes of at least 4 members (excludes halogenated alkanes) is 3. The number of rotatable bonds is 10. The van der Waals surface area contributed by atoms with Gasteiger partial charge in [0.15, 0.2) is 11.5 Å². The number of benzene rings is 2. The Morgan fingerprint density at radius 3 is 2.35 bits per heavy atom. The standard InChI is InChI=1S/C19H25ClO3/c1-3-22-19-16-11-7-6-10-15(16)17(14-18(19)21-2)23-13-9-5-4-8-12-20/h6-7,10-11,14H,3-5,8-9,12-13H2,1-2H3. The molecule has 0 bridgehead atoms. The van der Waals surface area contributed by atoms with E-state index in [4.69, 9.17) is 25.8 Å². The van der Waals surface area contributed by atoms with E-state index in [1.165, 1.54) is 0 Å². The minimum Gasteiger partial charge on any atom is -0.493 e. The first-order valence-corrected chi connectivity index (χ1v) is 8.76. The van der Waals surface area contributed by atoms with Gasteiger partial charge in [0.25, 0.3) is 0 Å². The van der Waals surface area contributed by atoms with Crippen molar-refractivity contribution in [2.24, 2.45) is 0 Å². The summed E-state index contributed by atoms with van der Waals surface area (Å²) in [6.45, 7) is 3.27. The van der Waals surface area contributed by atoms with Crippen LogP contribution >= 0.6 is 11.6 Å². The maximum atomic E-state index is 6.01. The molecule has 0 saturated heterocycles. The SMILES string of the molecule is CCOc1c(OC)cc(OCCCCCCCl)c2ccccc12. The summed E-state index contributed by atoms with van der Waals surface area (Å²) in [7, 11) is 1.66. The second-order valence-corrected chi connectivity index (χ2v) is 5.71. The largest absolute Gasteiger partial charge is 0.493 e. The quantitative estimate of drug-likeness (QED) is 0.428. The van der Waals surface area contributed by atoms with E-state index >= 15 is 0 Å². The molecule has 2 aromatic carbocycles. The van der Waals surface area contributed by atoms with Crippen molar-refractivity contribution in [2.75, 3.05) is 26.2 Å². The van der Waals surface area contributed by atoms with Crippen LogP contribution in [0, 0.1) is 0 Å². The molecule has 0 aliphatic carbocycles. The number of hydrogen-bond donors (Lipinski definition) is 0. The van der Waals surface area contributed by atoms with Crippen LogP contribution in [0.4, 0.5) is 0 Å². The second-order valence-electron chi connectivity index (χ2n) is 5.34. The molecule has 3 nitrogen and oxygen atoms in total. The van der Waals surface area contributed by atoms with Crippen molar-refractivity contribution in [3.8, 4) is 17.2 Å². The van der Waals surface area contributed by atoms with Gasteiger partial charge in [-0.25, -0.2) is 0 Å². The molecule has 0 aliphatic rings. The predicted octanol–water partition coefficient (Wildman–Crippen LogP) is 5.43. The van der Waals surface area contributed by atoms with Gasteiger partial charge in [0.2, 0.25) is 0 Å². The molecule has 0 radical (unpaired) electrons. The number of ether oxygens (including phenoxy) is 3. The highest BCUT2D eigenvalue weighted by atomic mass is 35.5. The van der Waals surface area contributed by atoms with Crippen LogP contribution < -0.4 is 14.2 Å². The molecule has 0 unspecified atom stereocenters. The molecule has 0 heterocycles. The molecule has 0 atom stereocenters. The van der Waals surface area contributed by atoms with Crippen molar-refractivity contribution in [1.82, 2.24) is 0 Å². The van der Waals surface area contributed by atoms with Crippen molar-refractivity contribution in [3.63, 3.8) is 0 Å². The van der Waals surface area contributed by atoms with Crippen LogP contribution in [0.25, 0.3) is 10.8 Å². The first kappa shape index (κ1) is 17.7. The molecule has 0 aliphatic heterocycles. The summed E-state index contributed by atoms with van der Waals surface area (Å²) in [5, 5.41) is 2.07. The van der Waals surface area contributed by atoms with Gasteiger partial charge in [-0.1, -0.05) is 37.1 Å². The lowest BCUT2D eigenvalue weighted by Crippen LogP contribution is -2.01. The summed E-state index contributed by atoms with van der Waals surface area (Å²) in [5.74, 6) is 3.07. The molecule has 2 aromatic rings. The van der Waals surface area contributed by atoms with Crippen molar-refractivity contribution in [3.05, 3.63) is 30.3 Å². The Balaban J connectivity index is 2.17. The van der Waals surface area contributed by atoms with Gasteiger partial charge in [-0.2, -0.15) is 0 Å². The van der Waals surface area contributed by atoms with Gasteiger partial charge < -0.3 is 14.2 Å². The van der Waals surface area contributed by atoms with E-state index in [0.29, 0.717) is 19.0 Å². The van der Waals surface area contributed by atoms with E-state index in [1.807, 2.05) is 31.2 Å². The molecule has 0 aromatic heterocycles. The molecule has 126 valence electrons. The summed E-state index contributed by atoms with van der Waals surface area (Å²) in [6, 6.07) is 10.0. The fraction of sp³-hybridized carbons (Fsp3) is 0.474. The number of methoxy groups -OCH3 is 1. The molecule has 23 heavy (non-hydrogen) atoms. The summed E-state index contributed by atoms with van der Waals surface area (Å²) < 4.78 is 17.3. The molecule has 0 spiro atoms. The van der Waals surface area contributed by atoms with E-state index in [9.17, 15) is 0 Å². The lowest BCUT2D eigenvalue weighted by atomic mass is 10.1. The molecule has 2 rings (SSSR count). The van der Waals surface area contributed by atoms with E-state index in [2.05, 4.69) is 6.07 Å². The van der Waals surface area contributed by atoms with Crippen molar-refractivity contribution >= 4 is 22.4 Å². The Hall–Kier alpha value is -1.61. The third-order valence-corrected chi connectivity index (χ3v) is 3.98. The van der Waals surface area contributed by atoms with Crippen LogP contribution in [0.3, 0.4) is 0 Å². The van der Waals surface area contributed by atoms with Gasteiger partial charge >= 0.3 is 0 Å². The van der Waals surface area contributed by atoms with Crippen molar-refractivity contribution in [2.45, 2.75) is 32.6 Å². The zero-order valence-corrected chi connectivity index (χ0v) is 14.7. The van der Waals surface area contributed by atoms with Gasteiger partial charge in [-0.15, -0.1) is 11.6 Å². The van der Waals surface area contributed by atoms with E-state index in [-0.39, 0.29) is 0 Å². The highest BCUT2D eigenvalue weighted by Gasteiger charge is 2.14. The summed E-state index contributed by atoms with van der Waals surface area (Å²) in [6.07, 6.45) is 4.39. The smallest absolute Gasteiger partial charge is 0.169 e. The van der Waals surface area contributed by atoms with E-state index in [1.54, 1.807) is 7.11 Å². The zero-order chi connectivity index (χ0) is 16.5. The maximum Gasteiger partial charge on any atom is 0.169 e. The lowest BCUT2D eigenvalue weighted by molar-refractivity contribution is 0.298. The summed E-state index contributed by atoms with van der Waals surface area (Å²) in [5.41, 5.74) is 0. The maximum absolute atomic E-state index is 6.01. The molecule has 0 N–H and O–H groups in total. The van der Waals surface area contributed by atoms with Gasteiger partial charge in [0.1, 0.15) is 5.75 Å². The van der Waals surface area contributed by atoms with E-state index < -0.39 is 0 Å². The Morgan fingerprint density at radius 1 is 0.913 bits per heavy atom. The third-order valence-electron chi connectivity index (χ3n) is 3.72. The molecular weight excluding hydrogens is 312 g/mol. The average molecular weight is 337 g/mol. The Morgan fingerprint density at radius 2 is 1.65 bits per heavy atom. The minimum atomic E-state index is 0.598. The second kappa shape index (κ2) is 9.51. The van der Waals surface area contributed by atoms with Crippen LogP contribution in [0.2, 0.25) is 0 Å². The fourth-order valence-corrected chi connectivity index (χ4v) is 2.78. The Labute approximate surface area is 143 Å². The normalized spacial score (nSPS) is 10.7. The molecule has 0 fully saturated rings. The monoisotopic (exact) mass is 336 g/mol. The highest BCUT2D eigenvalue weighted by Crippen LogP contribution is 2.41. The summed E-state index contributed by atoms with van der Waals surface area (Å²) in [4.78, 5) is 0. The van der Waals surface area contributed by atoms with Crippen LogP contribution in [-0.2, 0) is 0 Å². The zero-order valence-electron chi connectivity index (χ0n) is 13.9. The van der Waals surface area contributed by atoms with Crippen LogP contribution in [0.5, 0.6) is 17.2 Å². The molecular formula is C19H25ClO3. The molecule has 4 heteroatoms. The number of alkyl halides is 1.